The summed E-state index contributed by atoms with van der Waals surface area (Å²) in [5.74, 6) is 0.136. The minimum atomic E-state index is -0.194. The lowest BCUT2D eigenvalue weighted by atomic mass is 9.98. The molecule has 0 unspecified atom stereocenters. The van der Waals surface area contributed by atoms with E-state index in [1.165, 1.54) is 12.8 Å². The van der Waals surface area contributed by atoms with E-state index < -0.39 is 0 Å². The van der Waals surface area contributed by atoms with Crippen molar-refractivity contribution in [2.45, 2.75) is 50.3 Å². The van der Waals surface area contributed by atoms with Crippen LogP contribution >= 0.6 is 23.1 Å². The molecular formula is C13H20N2OS2. The number of carbonyl (C=O) groups excluding carboxylic acids is 1. The number of nitrogens with zero attached hydrogens (tertiary/aromatic N) is 1. The SMILES string of the molecule is CS[C@H](C)C(=O)NC1(c2nc(C)cs2)CCCC1. The smallest absolute Gasteiger partial charge is 0.233 e. The van der Waals surface area contributed by atoms with Crippen LogP contribution in [-0.2, 0) is 10.3 Å². The van der Waals surface area contributed by atoms with E-state index in [2.05, 4.69) is 15.7 Å². The maximum absolute atomic E-state index is 12.2. The van der Waals surface area contributed by atoms with Gasteiger partial charge in [-0.25, -0.2) is 4.98 Å². The van der Waals surface area contributed by atoms with Crippen molar-refractivity contribution in [1.29, 1.82) is 0 Å². The Morgan fingerprint density at radius 3 is 2.72 bits per heavy atom. The Labute approximate surface area is 117 Å². The molecule has 0 aliphatic heterocycles. The van der Waals surface area contributed by atoms with Gasteiger partial charge in [0, 0.05) is 11.1 Å². The molecule has 1 aromatic heterocycles. The summed E-state index contributed by atoms with van der Waals surface area (Å²) in [6.07, 6.45) is 6.36. The monoisotopic (exact) mass is 284 g/mol. The number of amides is 1. The van der Waals surface area contributed by atoms with Crippen LogP contribution in [0, 0.1) is 6.92 Å². The van der Waals surface area contributed by atoms with E-state index in [1.54, 1.807) is 23.1 Å². The number of rotatable bonds is 4. The molecule has 1 saturated carbocycles. The molecule has 1 aliphatic rings. The highest BCUT2D eigenvalue weighted by Crippen LogP contribution is 2.40. The lowest BCUT2D eigenvalue weighted by Crippen LogP contribution is -2.46. The summed E-state index contributed by atoms with van der Waals surface area (Å²) < 4.78 is 0. The van der Waals surface area contributed by atoms with E-state index in [4.69, 9.17) is 0 Å². The lowest BCUT2D eigenvalue weighted by Gasteiger charge is -2.29. The van der Waals surface area contributed by atoms with E-state index in [1.807, 2.05) is 20.1 Å². The Morgan fingerprint density at radius 1 is 1.56 bits per heavy atom. The molecule has 0 saturated heterocycles. The van der Waals surface area contributed by atoms with Crippen molar-refractivity contribution < 1.29 is 4.79 Å². The van der Waals surface area contributed by atoms with Gasteiger partial charge >= 0.3 is 0 Å². The van der Waals surface area contributed by atoms with Gasteiger partial charge < -0.3 is 5.32 Å². The van der Waals surface area contributed by atoms with Crippen LogP contribution in [0.5, 0.6) is 0 Å². The first-order chi connectivity index (χ1) is 8.57. The molecule has 1 heterocycles. The molecule has 1 amide bonds. The largest absolute Gasteiger partial charge is 0.343 e. The van der Waals surface area contributed by atoms with Gasteiger partial charge in [-0.3, -0.25) is 4.79 Å². The van der Waals surface area contributed by atoms with Crippen molar-refractivity contribution in [3.8, 4) is 0 Å². The molecule has 1 atom stereocenters. The first kappa shape index (κ1) is 13.9. The molecule has 0 aromatic carbocycles. The zero-order valence-electron chi connectivity index (χ0n) is 11.2. The summed E-state index contributed by atoms with van der Waals surface area (Å²) in [5.41, 5.74) is 0.855. The van der Waals surface area contributed by atoms with Gasteiger partial charge in [-0.2, -0.15) is 11.8 Å². The number of nitrogens with one attached hydrogen (secondary N) is 1. The first-order valence-electron chi connectivity index (χ1n) is 6.35. The minimum Gasteiger partial charge on any atom is -0.343 e. The topological polar surface area (TPSA) is 42.0 Å². The van der Waals surface area contributed by atoms with E-state index in [-0.39, 0.29) is 16.7 Å². The number of carbonyl (C=O) groups is 1. The fourth-order valence-electron chi connectivity index (χ4n) is 2.39. The molecule has 1 aliphatic carbocycles. The quantitative estimate of drug-likeness (QED) is 0.924. The second-order valence-electron chi connectivity index (χ2n) is 4.95. The fraction of sp³-hybridized carbons (Fsp3) is 0.692. The van der Waals surface area contributed by atoms with E-state index >= 15 is 0 Å². The summed E-state index contributed by atoms with van der Waals surface area (Å²) in [4.78, 5) is 16.8. The molecule has 1 aromatic rings. The molecular weight excluding hydrogens is 264 g/mol. The molecule has 0 bridgehead atoms. The molecule has 1 fully saturated rings. The Kier molecular flexibility index (Phi) is 4.33. The van der Waals surface area contributed by atoms with Gasteiger partial charge in [-0.05, 0) is 32.9 Å². The average molecular weight is 284 g/mol. The summed E-state index contributed by atoms with van der Waals surface area (Å²) in [6, 6.07) is 0. The highest BCUT2D eigenvalue weighted by molar-refractivity contribution is 7.99. The Balaban J connectivity index is 2.20. The van der Waals surface area contributed by atoms with Crippen LogP contribution in [0.25, 0.3) is 0 Å². The van der Waals surface area contributed by atoms with Gasteiger partial charge in [0.2, 0.25) is 5.91 Å². The van der Waals surface area contributed by atoms with Crippen LogP contribution in [0.2, 0.25) is 0 Å². The predicted octanol–water partition coefficient (Wildman–Crippen LogP) is 3.09. The summed E-state index contributed by atoms with van der Waals surface area (Å²) >= 11 is 3.26. The van der Waals surface area contributed by atoms with Gasteiger partial charge in [0.05, 0.1) is 10.8 Å². The van der Waals surface area contributed by atoms with Crippen molar-refractivity contribution in [1.82, 2.24) is 10.3 Å². The zero-order valence-corrected chi connectivity index (χ0v) is 12.8. The molecule has 2 rings (SSSR count). The van der Waals surface area contributed by atoms with Gasteiger partial charge in [-0.15, -0.1) is 11.3 Å². The van der Waals surface area contributed by atoms with Crippen LogP contribution in [0.3, 0.4) is 0 Å². The van der Waals surface area contributed by atoms with Gasteiger partial charge in [0.15, 0.2) is 0 Å². The Morgan fingerprint density at radius 2 is 2.22 bits per heavy atom. The van der Waals surface area contributed by atoms with Gasteiger partial charge in [0.25, 0.3) is 0 Å². The minimum absolute atomic E-state index is 0.00327. The maximum atomic E-state index is 12.2. The van der Waals surface area contributed by atoms with E-state index in [0.717, 1.165) is 23.5 Å². The van der Waals surface area contributed by atoms with Gasteiger partial charge in [-0.1, -0.05) is 12.8 Å². The number of thiazole rings is 1. The first-order valence-corrected chi connectivity index (χ1v) is 8.51. The highest BCUT2D eigenvalue weighted by Gasteiger charge is 2.40. The number of aryl methyl sites for hydroxylation is 1. The summed E-state index contributed by atoms with van der Waals surface area (Å²) in [7, 11) is 0. The highest BCUT2D eigenvalue weighted by atomic mass is 32.2. The second-order valence-corrected chi connectivity index (χ2v) is 6.99. The van der Waals surface area contributed by atoms with E-state index in [9.17, 15) is 4.79 Å². The maximum Gasteiger partial charge on any atom is 0.233 e. The average Bonchev–Trinajstić information content (AvgIpc) is 2.98. The fourth-order valence-corrected chi connectivity index (χ4v) is 3.67. The standard InChI is InChI=1S/C13H20N2OS2/c1-9-8-18-12(14-9)13(6-4-5-7-13)15-11(16)10(2)17-3/h8,10H,4-7H2,1-3H3,(H,15,16)/t10-/m1/s1. The van der Waals surface area contributed by atoms with Crippen LogP contribution in [-0.4, -0.2) is 22.4 Å². The third-order valence-electron chi connectivity index (χ3n) is 3.57. The third kappa shape index (κ3) is 2.72. The molecule has 3 nitrogen and oxygen atoms in total. The molecule has 0 spiro atoms. The lowest BCUT2D eigenvalue weighted by molar-refractivity contribution is -0.122. The second kappa shape index (κ2) is 5.61. The van der Waals surface area contributed by atoms with Gasteiger partial charge in [0.1, 0.15) is 5.01 Å². The molecule has 1 N–H and O–H groups in total. The molecule has 0 radical (unpaired) electrons. The van der Waals surface area contributed by atoms with Crippen LogP contribution in [0.1, 0.15) is 43.3 Å². The Hall–Kier alpha value is -0.550. The Bertz CT molecular complexity index is 424. The number of thioether (sulfide) groups is 1. The summed E-state index contributed by atoms with van der Waals surface area (Å²) in [6.45, 7) is 3.96. The van der Waals surface area contributed by atoms with Crippen LogP contribution in [0.4, 0.5) is 0 Å². The van der Waals surface area contributed by atoms with Crippen LogP contribution in [0.15, 0.2) is 5.38 Å². The summed E-state index contributed by atoms with van der Waals surface area (Å²) in [5, 5.41) is 6.42. The normalized spacial score (nSPS) is 19.7. The predicted molar refractivity (Wildman–Crippen MR) is 78.1 cm³/mol. The van der Waals surface area contributed by atoms with Crippen molar-refractivity contribution >= 4 is 29.0 Å². The number of aromatic nitrogens is 1. The number of hydrogen-bond donors (Lipinski definition) is 1. The van der Waals surface area contributed by atoms with Crippen molar-refractivity contribution in [2.75, 3.05) is 6.26 Å². The molecule has 100 valence electrons. The van der Waals surface area contributed by atoms with Crippen molar-refractivity contribution in [3.05, 3.63) is 16.1 Å². The van der Waals surface area contributed by atoms with E-state index in [0.29, 0.717) is 0 Å². The van der Waals surface area contributed by atoms with Crippen molar-refractivity contribution in [2.24, 2.45) is 0 Å². The zero-order chi connectivity index (χ0) is 13.2. The third-order valence-corrected chi connectivity index (χ3v) is 5.66. The molecule has 5 heteroatoms. The van der Waals surface area contributed by atoms with Crippen molar-refractivity contribution in [3.63, 3.8) is 0 Å². The molecule has 18 heavy (non-hydrogen) atoms. The van der Waals surface area contributed by atoms with Crippen LogP contribution < -0.4 is 5.32 Å². The number of hydrogen-bond acceptors (Lipinski definition) is 4.